The molecule has 0 atom stereocenters. The maximum absolute atomic E-state index is 13.1. The Morgan fingerprint density at radius 1 is 1.38 bits per heavy atom. The number of hydrogen-bond acceptors (Lipinski definition) is 3. The van der Waals surface area contributed by atoms with Gasteiger partial charge in [-0.25, -0.2) is 4.39 Å². The quantitative estimate of drug-likeness (QED) is 0.832. The molecule has 2 aromatic rings. The van der Waals surface area contributed by atoms with Crippen LogP contribution in [0.2, 0.25) is 0 Å². The molecular weight excluding hydrogens is 207 g/mol. The van der Waals surface area contributed by atoms with Crippen molar-refractivity contribution in [3.05, 3.63) is 35.8 Å². The van der Waals surface area contributed by atoms with Gasteiger partial charge in [0.2, 0.25) is 0 Å². The molecule has 16 heavy (non-hydrogen) atoms. The SMILES string of the molecule is Cc1cc(NCCO)c2cc(F)ccc2n1. The molecule has 0 aliphatic carbocycles. The van der Waals surface area contributed by atoms with Gasteiger partial charge in [-0.2, -0.15) is 0 Å². The highest BCUT2D eigenvalue weighted by molar-refractivity contribution is 5.91. The number of aliphatic hydroxyl groups excluding tert-OH is 1. The minimum absolute atomic E-state index is 0.0399. The van der Waals surface area contributed by atoms with Crippen LogP contribution in [0.4, 0.5) is 10.1 Å². The average molecular weight is 220 g/mol. The Kier molecular flexibility index (Phi) is 3.01. The Morgan fingerprint density at radius 3 is 2.94 bits per heavy atom. The van der Waals surface area contributed by atoms with E-state index in [-0.39, 0.29) is 12.4 Å². The van der Waals surface area contributed by atoms with E-state index in [0.717, 1.165) is 22.3 Å². The molecule has 2 N–H and O–H groups in total. The first kappa shape index (κ1) is 10.8. The normalized spacial score (nSPS) is 10.7. The predicted molar refractivity (Wildman–Crippen MR) is 62.0 cm³/mol. The number of anilines is 1. The lowest BCUT2D eigenvalue weighted by atomic mass is 10.1. The van der Waals surface area contributed by atoms with Crippen molar-refractivity contribution in [1.29, 1.82) is 0 Å². The predicted octanol–water partition coefficient (Wildman–Crippen LogP) is 2.09. The third-order valence-corrected chi connectivity index (χ3v) is 2.33. The van der Waals surface area contributed by atoms with Crippen LogP contribution in [0.3, 0.4) is 0 Å². The van der Waals surface area contributed by atoms with Crippen molar-refractivity contribution in [2.75, 3.05) is 18.5 Å². The van der Waals surface area contributed by atoms with E-state index in [4.69, 9.17) is 5.11 Å². The molecule has 0 saturated carbocycles. The van der Waals surface area contributed by atoms with Gasteiger partial charge in [0.1, 0.15) is 5.82 Å². The molecule has 1 aromatic heterocycles. The number of benzene rings is 1. The molecule has 84 valence electrons. The number of hydrogen-bond donors (Lipinski definition) is 2. The lowest BCUT2D eigenvalue weighted by Crippen LogP contribution is -2.06. The van der Waals surface area contributed by atoms with E-state index in [1.807, 2.05) is 13.0 Å². The highest BCUT2D eigenvalue weighted by atomic mass is 19.1. The summed E-state index contributed by atoms with van der Waals surface area (Å²) in [5, 5.41) is 12.6. The maximum Gasteiger partial charge on any atom is 0.124 e. The lowest BCUT2D eigenvalue weighted by Gasteiger charge is -2.09. The van der Waals surface area contributed by atoms with Gasteiger partial charge in [0.15, 0.2) is 0 Å². The Balaban J connectivity index is 2.55. The van der Waals surface area contributed by atoms with Crippen LogP contribution in [-0.4, -0.2) is 23.2 Å². The van der Waals surface area contributed by atoms with Crippen molar-refractivity contribution in [3.63, 3.8) is 0 Å². The van der Waals surface area contributed by atoms with Gasteiger partial charge in [-0.05, 0) is 31.2 Å². The van der Waals surface area contributed by atoms with E-state index >= 15 is 0 Å². The molecule has 0 aliphatic heterocycles. The Bertz CT molecular complexity index is 514. The van der Waals surface area contributed by atoms with Crippen molar-refractivity contribution in [2.24, 2.45) is 0 Å². The molecule has 1 aromatic carbocycles. The van der Waals surface area contributed by atoms with Crippen LogP contribution in [0.1, 0.15) is 5.69 Å². The molecular formula is C12H13FN2O. The minimum atomic E-state index is -0.287. The Labute approximate surface area is 92.9 Å². The van der Waals surface area contributed by atoms with Crippen molar-refractivity contribution < 1.29 is 9.50 Å². The first-order valence-corrected chi connectivity index (χ1v) is 5.12. The zero-order valence-electron chi connectivity index (χ0n) is 9.00. The molecule has 2 rings (SSSR count). The second-order valence-corrected chi connectivity index (χ2v) is 3.62. The summed E-state index contributed by atoms with van der Waals surface area (Å²) in [6, 6.07) is 6.34. The molecule has 0 amide bonds. The monoisotopic (exact) mass is 220 g/mol. The number of fused-ring (bicyclic) bond motifs is 1. The maximum atomic E-state index is 13.1. The molecule has 0 unspecified atom stereocenters. The fourth-order valence-corrected chi connectivity index (χ4v) is 1.67. The molecule has 0 saturated heterocycles. The van der Waals surface area contributed by atoms with Gasteiger partial charge in [-0.15, -0.1) is 0 Å². The largest absolute Gasteiger partial charge is 0.395 e. The number of rotatable bonds is 3. The summed E-state index contributed by atoms with van der Waals surface area (Å²) in [4.78, 5) is 4.32. The topological polar surface area (TPSA) is 45.1 Å². The summed E-state index contributed by atoms with van der Waals surface area (Å²) in [7, 11) is 0. The van der Waals surface area contributed by atoms with E-state index in [1.165, 1.54) is 12.1 Å². The summed E-state index contributed by atoms with van der Waals surface area (Å²) in [6.07, 6.45) is 0. The van der Waals surface area contributed by atoms with Gasteiger partial charge in [-0.3, -0.25) is 4.98 Å². The zero-order chi connectivity index (χ0) is 11.5. The minimum Gasteiger partial charge on any atom is -0.395 e. The van der Waals surface area contributed by atoms with E-state index in [1.54, 1.807) is 6.07 Å². The van der Waals surface area contributed by atoms with Gasteiger partial charge in [0.05, 0.1) is 12.1 Å². The average Bonchev–Trinajstić information content (AvgIpc) is 2.26. The number of pyridine rings is 1. The first-order chi connectivity index (χ1) is 7.70. The van der Waals surface area contributed by atoms with Gasteiger partial charge >= 0.3 is 0 Å². The Morgan fingerprint density at radius 2 is 2.19 bits per heavy atom. The van der Waals surface area contributed by atoms with Crippen LogP contribution < -0.4 is 5.32 Å². The van der Waals surface area contributed by atoms with Crippen LogP contribution in [0.5, 0.6) is 0 Å². The third-order valence-electron chi connectivity index (χ3n) is 2.33. The number of nitrogens with zero attached hydrogens (tertiary/aromatic N) is 1. The summed E-state index contributed by atoms with van der Waals surface area (Å²) in [5.74, 6) is -0.287. The van der Waals surface area contributed by atoms with Crippen LogP contribution in [0.15, 0.2) is 24.3 Å². The number of aliphatic hydroxyl groups is 1. The van der Waals surface area contributed by atoms with E-state index in [2.05, 4.69) is 10.3 Å². The number of aryl methyl sites for hydroxylation is 1. The number of halogens is 1. The van der Waals surface area contributed by atoms with E-state index < -0.39 is 0 Å². The molecule has 0 fully saturated rings. The van der Waals surface area contributed by atoms with Crippen LogP contribution in [0, 0.1) is 12.7 Å². The lowest BCUT2D eigenvalue weighted by molar-refractivity contribution is 0.311. The van der Waals surface area contributed by atoms with Crippen molar-refractivity contribution in [1.82, 2.24) is 4.98 Å². The van der Waals surface area contributed by atoms with Crippen molar-refractivity contribution in [2.45, 2.75) is 6.92 Å². The van der Waals surface area contributed by atoms with Gasteiger partial charge < -0.3 is 10.4 Å². The highest BCUT2D eigenvalue weighted by Gasteiger charge is 2.04. The molecule has 0 aliphatic rings. The molecule has 3 nitrogen and oxygen atoms in total. The summed E-state index contributed by atoms with van der Waals surface area (Å²) in [6.45, 7) is 2.36. The zero-order valence-corrected chi connectivity index (χ0v) is 9.00. The molecule has 0 spiro atoms. The fraction of sp³-hybridized carbons (Fsp3) is 0.250. The number of aromatic nitrogens is 1. The van der Waals surface area contributed by atoms with Crippen LogP contribution >= 0.6 is 0 Å². The highest BCUT2D eigenvalue weighted by Crippen LogP contribution is 2.23. The molecule has 0 bridgehead atoms. The van der Waals surface area contributed by atoms with Crippen molar-refractivity contribution in [3.8, 4) is 0 Å². The van der Waals surface area contributed by atoms with Gasteiger partial charge in [0.25, 0.3) is 0 Å². The Hall–Kier alpha value is -1.68. The molecule has 1 heterocycles. The summed E-state index contributed by atoms with van der Waals surface area (Å²) in [5.41, 5.74) is 2.41. The van der Waals surface area contributed by atoms with Crippen LogP contribution in [0.25, 0.3) is 10.9 Å². The fourth-order valence-electron chi connectivity index (χ4n) is 1.67. The second kappa shape index (κ2) is 4.45. The van der Waals surface area contributed by atoms with E-state index in [9.17, 15) is 4.39 Å². The standard InChI is InChI=1S/C12H13FN2O/c1-8-6-12(14-4-5-16)10-7-9(13)2-3-11(10)15-8/h2-3,6-7,16H,4-5H2,1H3,(H,14,15). The third kappa shape index (κ3) is 2.12. The van der Waals surface area contributed by atoms with E-state index in [0.29, 0.717) is 6.54 Å². The second-order valence-electron chi connectivity index (χ2n) is 3.62. The molecule has 4 heteroatoms. The molecule has 0 radical (unpaired) electrons. The summed E-state index contributed by atoms with van der Waals surface area (Å²) >= 11 is 0. The van der Waals surface area contributed by atoms with Gasteiger partial charge in [0, 0.05) is 23.3 Å². The van der Waals surface area contributed by atoms with Crippen molar-refractivity contribution >= 4 is 16.6 Å². The number of nitrogens with one attached hydrogen (secondary N) is 1. The van der Waals surface area contributed by atoms with Crippen LogP contribution in [-0.2, 0) is 0 Å². The first-order valence-electron chi connectivity index (χ1n) is 5.12. The smallest absolute Gasteiger partial charge is 0.124 e. The van der Waals surface area contributed by atoms with Gasteiger partial charge in [-0.1, -0.05) is 0 Å². The summed E-state index contributed by atoms with van der Waals surface area (Å²) < 4.78 is 13.1.